The minimum Gasteiger partial charge on any atom is -0.493 e. The maximum absolute atomic E-state index is 13.1. The Balaban J connectivity index is 2.45. The van der Waals surface area contributed by atoms with Crippen molar-refractivity contribution in [1.29, 1.82) is 0 Å². The van der Waals surface area contributed by atoms with E-state index in [2.05, 4.69) is 15.9 Å². The smallest absolute Gasteiger partial charge is 0.340 e. The van der Waals surface area contributed by atoms with E-state index < -0.39 is 15.9 Å². The van der Waals surface area contributed by atoms with Crippen molar-refractivity contribution in [3.8, 4) is 17.2 Å². The van der Waals surface area contributed by atoms with Gasteiger partial charge in [0.15, 0.2) is 11.5 Å². The highest BCUT2D eigenvalue weighted by Gasteiger charge is 2.23. The Morgan fingerprint density at radius 1 is 1.05 bits per heavy atom. The maximum atomic E-state index is 13.1. The highest BCUT2D eigenvalue weighted by atomic mass is 79.9. The molecule has 0 spiro atoms. The number of hydrogen-bond acceptors (Lipinski definition) is 5. The third-order valence-corrected chi connectivity index (χ3v) is 4.92. The van der Waals surface area contributed by atoms with Crippen molar-refractivity contribution in [3.63, 3.8) is 0 Å². The zero-order valence-corrected chi connectivity index (χ0v) is 14.1. The summed E-state index contributed by atoms with van der Waals surface area (Å²) in [6.45, 7) is 0. The van der Waals surface area contributed by atoms with Gasteiger partial charge in [-0.25, -0.2) is 4.39 Å². The van der Waals surface area contributed by atoms with Crippen molar-refractivity contribution in [2.45, 2.75) is 4.90 Å². The Morgan fingerprint density at radius 2 is 1.68 bits per heavy atom. The predicted octanol–water partition coefficient (Wildman–Crippen LogP) is 3.37. The summed E-state index contributed by atoms with van der Waals surface area (Å²) in [5, 5.41) is 0. The molecular weight excluding hydrogens is 379 g/mol. The maximum Gasteiger partial charge on any atom is 0.340 e. The van der Waals surface area contributed by atoms with Crippen LogP contribution in [0, 0.1) is 5.82 Å². The van der Waals surface area contributed by atoms with E-state index in [1.165, 1.54) is 44.6 Å². The molecule has 0 amide bonds. The molecule has 0 aliphatic carbocycles. The van der Waals surface area contributed by atoms with Crippen LogP contribution in [0.3, 0.4) is 0 Å². The van der Waals surface area contributed by atoms with Crippen LogP contribution in [-0.2, 0) is 10.1 Å². The molecule has 0 bridgehead atoms. The first-order valence-electron chi connectivity index (χ1n) is 5.99. The molecule has 0 radical (unpaired) electrons. The molecule has 2 rings (SSSR count). The lowest BCUT2D eigenvalue weighted by Gasteiger charge is -2.12. The van der Waals surface area contributed by atoms with Crippen molar-refractivity contribution in [1.82, 2.24) is 0 Å². The fraction of sp³-hybridized carbons (Fsp3) is 0.143. The van der Waals surface area contributed by atoms with Gasteiger partial charge in [0.25, 0.3) is 0 Å². The molecule has 2 aromatic rings. The van der Waals surface area contributed by atoms with Crippen LogP contribution in [0.15, 0.2) is 45.8 Å². The van der Waals surface area contributed by atoms with Gasteiger partial charge in [0, 0.05) is 16.6 Å². The molecule has 0 atom stereocenters. The van der Waals surface area contributed by atoms with Crippen LogP contribution in [0.4, 0.5) is 4.39 Å². The Bertz CT molecular complexity index is 792. The highest BCUT2D eigenvalue weighted by molar-refractivity contribution is 9.10. The van der Waals surface area contributed by atoms with Crippen LogP contribution in [0.5, 0.6) is 17.2 Å². The normalized spacial score (nSPS) is 11.1. The molecule has 0 N–H and O–H groups in total. The first-order chi connectivity index (χ1) is 10.4. The van der Waals surface area contributed by atoms with Crippen LogP contribution in [-0.4, -0.2) is 22.6 Å². The Hall–Kier alpha value is -1.80. The second kappa shape index (κ2) is 6.53. The van der Waals surface area contributed by atoms with Gasteiger partial charge >= 0.3 is 10.1 Å². The van der Waals surface area contributed by atoms with E-state index in [0.29, 0.717) is 5.75 Å². The lowest BCUT2D eigenvalue weighted by atomic mass is 10.3. The van der Waals surface area contributed by atoms with Crippen LogP contribution in [0.2, 0.25) is 0 Å². The van der Waals surface area contributed by atoms with Gasteiger partial charge in [-0.05, 0) is 34.1 Å². The number of hydrogen-bond donors (Lipinski definition) is 0. The average Bonchev–Trinajstić information content (AvgIpc) is 2.46. The van der Waals surface area contributed by atoms with Gasteiger partial charge in [-0.1, -0.05) is 6.07 Å². The van der Waals surface area contributed by atoms with E-state index in [9.17, 15) is 12.8 Å². The lowest BCUT2D eigenvalue weighted by Crippen LogP contribution is -2.11. The van der Waals surface area contributed by atoms with E-state index in [0.717, 1.165) is 6.07 Å². The number of rotatable bonds is 5. The Labute approximate surface area is 135 Å². The molecule has 0 saturated carbocycles. The third kappa shape index (κ3) is 3.50. The fourth-order valence-corrected chi connectivity index (χ4v) is 3.63. The number of halogens is 2. The summed E-state index contributed by atoms with van der Waals surface area (Å²) in [4.78, 5) is -0.158. The van der Waals surface area contributed by atoms with Crippen molar-refractivity contribution in [2.75, 3.05) is 14.2 Å². The Kier molecular flexibility index (Phi) is 4.92. The third-order valence-electron chi connectivity index (χ3n) is 2.71. The summed E-state index contributed by atoms with van der Waals surface area (Å²) in [7, 11) is -1.35. The zero-order valence-electron chi connectivity index (χ0n) is 11.7. The first kappa shape index (κ1) is 16.6. The summed E-state index contributed by atoms with van der Waals surface area (Å²) in [5.74, 6) is -0.132. The van der Waals surface area contributed by atoms with Crippen molar-refractivity contribution < 1.29 is 26.5 Å². The van der Waals surface area contributed by atoms with Crippen LogP contribution in [0.1, 0.15) is 0 Å². The molecule has 5 nitrogen and oxygen atoms in total. The molecule has 0 unspecified atom stereocenters. The van der Waals surface area contributed by atoms with E-state index >= 15 is 0 Å². The van der Waals surface area contributed by atoms with E-state index in [4.69, 9.17) is 13.7 Å². The summed E-state index contributed by atoms with van der Waals surface area (Å²) in [6, 6.07) is 7.56. The van der Waals surface area contributed by atoms with Gasteiger partial charge in [0.1, 0.15) is 16.5 Å². The predicted molar refractivity (Wildman–Crippen MR) is 81.5 cm³/mol. The van der Waals surface area contributed by atoms with Gasteiger partial charge in [-0.2, -0.15) is 8.42 Å². The number of ether oxygens (including phenoxy) is 2. The van der Waals surface area contributed by atoms with E-state index in [1.54, 1.807) is 0 Å². The Morgan fingerprint density at radius 3 is 2.27 bits per heavy atom. The van der Waals surface area contributed by atoms with Gasteiger partial charge in [-0.3, -0.25) is 0 Å². The molecule has 0 saturated heterocycles. The first-order valence-corrected chi connectivity index (χ1v) is 8.19. The second-order valence-electron chi connectivity index (χ2n) is 4.13. The minimum absolute atomic E-state index is 0.123. The molecule has 22 heavy (non-hydrogen) atoms. The number of methoxy groups -OCH3 is 2. The van der Waals surface area contributed by atoms with Gasteiger partial charge in [-0.15, -0.1) is 0 Å². The summed E-state index contributed by atoms with van der Waals surface area (Å²) in [5.41, 5.74) is 0. The molecule has 0 aliphatic heterocycles. The molecule has 0 heterocycles. The van der Waals surface area contributed by atoms with Crippen LogP contribution >= 0.6 is 15.9 Å². The molecule has 8 heteroatoms. The molecule has 2 aromatic carbocycles. The summed E-state index contributed by atoms with van der Waals surface area (Å²) >= 11 is 3.15. The monoisotopic (exact) mass is 390 g/mol. The fourth-order valence-electron chi connectivity index (χ4n) is 1.72. The molecule has 0 aromatic heterocycles. The summed E-state index contributed by atoms with van der Waals surface area (Å²) in [6.07, 6.45) is 0. The molecule has 0 aliphatic rings. The standard InChI is InChI=1S/C14H12BrFO5S/c1-19-12-7-11(15)14(8-13(12)20-2)22(17,18)21-10-5-3-4-9(16)6-10/h3-8H,1-2H3. The minimum atomic E-state index is -4.17. The largest absolute Gasteiger partial charge is 0.493 e. The van der Waals surface area contributed by atoms with Gasteiger partial charge < -0.3 is 13.7 Å². The van der Waals surface area contributed by atoms with Crippen molar-refractivity contribution >= 4 is 26.0 Å². The van der Waals surface area contributed by atoms with Crippen molar-refractivity contribution in [3.05, 3.63) is 46.7 Å². The van der Waals surface area contributed by atoms with E-state index in [-0.39, 0.29) is 20.9 Å². The molecular formula is C14H12BrFO5S. The lowest BCUT2D eigenvalue weighted by molar-refractivity contribution is 0.353. The average molecular weight is 391 g/mol. The number of benzene rings is 2. The van der Waals surface area contributed by atoms with Gasteiger partial charge in [0.2, 0.25) is 0 Å². The SMILES string of the molecule is COc1cc(Br)c(S(=O)(=O)Oc2cccc(F)c2)cc1OC. The zero-order chi connectivity index (χ0) is 16.3. The van der Waals surface area contributed by atoms with Crippen LogP contribution < -0.4 is 13.7 Å². The molecule has 118 valence electrons. The quantitative estimate of drug-likeness (QED) is 0.732. The van der Waals surface area contributed by atoms with Crippen LogP contribution in [0.25, 0.3) is 0 Å². The topological polar surface area (TPSA) is 61.8 Å². The highest BCUT2D eigenvalue weighted by Crippen LogP contribution is 2.36. The van der Waals surface area contributed by atoms with Crippen molar-refractivity contribution in [2.24, 2.45) is 0 Å². The molecule has 0 fully saturated rings. The summed E-state index contributed by atoms with van der Waals surface area (Å²) < 4.78 is 53.1. The van der Waals surface area contributed by atoms with E-state index in [1.807, 2.05) is 0 Å². The second-order valence-corrected chi connectivity index (χ2v) is 6.50. The van der Waals surface area contributed by atoms with Gasteiger partial charge in [0.05, 0.1) is 14.2 Å².